The summed E-state index contributed by atoms with van der Waals surface area (Å²) in [5.41, 5.74) is 1.29. The van der Waals surface area contributed by atoms with Crippen molar-refractivity contribution in [3.8, 4) is 0 Å². The average molecular weight is 476 g/mol. The molecule has 1 aliphatic rings. The third kappa shape index (κ3) is 4.60. The third-order valence-corrected chi connectivity index (χ3v) is 6.36. The average Bonchev–Trinajstić information content (AvgIpc) is 3.40. The standard InChI is InChI=1S/C26H29N5O4/c1-19(8-6-7-14-30-17-20(13-15-32)27-28-30)26(35)23-16-22(11-12-24(23)29(2)25(26)34)31(18-33)21-9-4-3-5-10-21/h3-6,8-12,16-19,32,35H,7,13-15H2,1-2H3/b8-6+/t19-,26+/m1/s1. The molecule has 3 aromatic rings. The number of benzene rings is 2. The van der Waals surface area contributed by atoms with Crippen molar-refractivity contribution in [3.63, 3.8) is 0 Å². The molecule has 0 saturated heterocycles. The van der Waals surface area contributed by atoms with E-state index in [1.165, 1.54) is 9.80 Å². The molecule has 0 bridgehead atoms. The predicted octanol–water partition coefficient (Wildman–Crippen LogP) is 2.55. The first kappa shape index (κ1) is 24.3. The number of rotatable bonds is 10. The van der Waals surface area contributed by atoms with Gasteiger partial charge in [0.25, 0.3) is 5.91 Å². The van der Waals surface area contributed by atoms with Crippen LogP contribution in [0.3, 0.4) is 0 Å². The zero-order valence-corrected chi connectivity index (χ0v) is 19.8. The number of anilines is 3. The highest BCUT2D eigenvalue weighted by Crippen LogP contribution is 2.46. The Kier molecular flexibility index (Phi) is 7.09. The summed E-state index contributed by atoms with van der Waals surface area (Å²) < 4.78 is 1.70. The summed E-state index contributed by atoms with van der Waals surface area (Å²) in [6, 6.07) is 14.4. The zero-order chi connectivity index (χ0) is 25.0. The summed E-state index contributed by atoms with van der Waals surface area (Å²) in [4.78, 5) is 28.0. The van der Waals surface area contributed by atoms with Gasteiger partial charge in [0.15, 0.2) is 5.60 Å². The van der Waals surface area contributed by atoms with Gasteiger partial charge in [-0.05, 0) is 36.8 Å². The third-order valence-electron chi connectivity index (χ3n) is 6.36. The van der Waals surface area contributed by atoms with Crippen LogP contribution in [0, 0.1) is 5.92 Å². The van der Waals surface area contributed by atoms with E-state index in [1.807, 2.05) is 42.5 Å². The van der Waals surface area contributed by atoms with E-state index in [4.69, 9.17) is 5.11 Å². The normalized spacial score (nSPS) is 18.2. The van der Waals surface area contributed by atoms with Gasteiger partial charge in [-0.25, -0.2) is 0 Å². The Morgan fingerprint density at radius 3 is 2.66 bits per heavy atom. The second kappa shape index (κ2) is 10.2. The Morgan fingerprint density at radius 1 is 1.17 bits per heavy atom. The molecule has 9 heteroatoms. The predicted molar refractivity (Wildman–Crippen MR) is 132 cm³/mol. The molecule has 9 nitrogen and oxygen atoms in total. The number of likely N-dealkylation sites (N-methyl/N-ethyl adjacent to an activating group) is 1. The highest BCUT2D eigenvalue weighted by molar-refractivity contribution is 6.07. The van der Waals surface area contributed by atoms with E-state index >= 15 is 0 Å². The van der Waals surface area contributed by atoms with Crippen molar-refractivity contribution in [2.75, 3.05) is 23.5 Å². The van der Waals surface area contributed by atoms with Crippen LogP contribution in [0.2, 0.25) is 0 Å². The largest absolute Gasteiger partial charge is 0.396 e. The van der Waals surface area contributed by atoms with Crippen molar-refractivity contribution in [2.24, 2.45) is 5.92 Å². The first-order valence-electron chi connectivity index (χ1n) is 11.5. The molecule has 0 saturated carbocycles. The molecule has 2 N–H and O–H groups in total. The van der Waals surface area contributed by atoms with Gasteiger partial charge in [-0.3, -0.25) is 19.2 Å². The second-order valence-electron chi connectivity index (χ2n) is 8.60. The number of aromatic nitrogens is 3. The molecule has 1 aromatic heterocycles. The maximum Gasteiger partial charge on any atom is 0.264 e. The molecule has 35 heavy (non-hydrogen) atoms. The van der Waals surface area contributed by atoms with E-state index in [0.29, 0.717) is 42.0 Å². The fourth-order valence-electron chi connectivity index (χ4n) is 4.37. The molecule has 182 valence electrons. The fourth-order valence-corrected chi connectivity index (χ4v) is 4.37. The summed E-state index contributed by atoms with van der Waals surface area (Å²) in [5, 5.41) is 28.7. The number of aryl methyl sites for hydroxylation is 1. The van der Waals surface area contributed by atoms with Gasteiger partial charge in [0.1, 0.15) is 0 Å². The van der Waals surface area contributed by atoms with Crippen molar-refractivity contribution >= 4 is 29.4 Å². The number of hydrogen-bond acceptors (Lipinski definition) is 6. The van der Waals surface area contributed by atoms with E-state index in [0.717, 1.165) is 12.1 Å². The monoisotopic (exact) mass is 475 g/mol. The SMILES string of the molecule is C[C@H](/C=C/CCn1cc(CCO)nn1)[C@@]1(O)C(=O)N(C)c2ccc(N(C=O)c3ccccc3)cc21. The molecule has 2 atom stereocenters. The van der Waals surface area contributed by atoms with Gasteiger partial charge >= 0.3 is 0 Å². The number of para-hydroxylation sites is 1. The number of aliphatic hydroxyl groups is 2. The first-order valence-corrected chi connectivity index (χ1v) is 11.5. The molecule has 1 aliphatic heterocycles. The lowest BCUT2D eigenvalue weighted by Crippen LogP contribution is -2.43. The number of nitrogens with zero attached hydrogens (tertiary/aromatic N) is 5. The Bertz CT molecular complexity index is 1230. The van der Waals surface area contributed by atoms with Gasteiger partial charge in [-0.15, -0.1) is 5.10 Å². The van der Waals surface area contributed by atoms with Crippen LogP contribution in [0.4, 0.5) is 17.1 Å². The Labute approximate surface area is 203 Å². The highest BCUT2D eigenvalue weighted by atomic mass is 16.3. The summed E-state index contributed by atoms with van der Waals surface area (Å²) >= 11 is 0. The fraction of sp³-hybridized carbons (Fsp3) is 0.308. The van der Waals surface area contributed by atoms with Gasteiger partial charge in [-0.1, -0.05) is 42.5 Å². The van der Waals surface area contributed by atoms with Crippen LogP contribution in [0.5, 0.6) is 0 Å². The maximum atomic E-state index is 13.2. The van der Waals surface area contributed by atoms with E-state index in [-0.39, 0.29) is 6.61 Å². The van der Waals surface area contributed by atoms with Gasteiger partial charge in [0.05, 0.1) is 11.4 Å². The Morgan fingerprint density at radius 2 is 1.94 bits per heavy atom. The minimum absolute atomic E-state index is 0.0241. The zero-order valence-electron chi connectivity index (χ0n) is 19.8. The van der Waals surface area contributed by atoms with Crippen LogP contribution < -0.4 is 9.80 Å². The van der Waals surface area contributed by atoms with Crippen LogP contribution >= 0.6 is 0 Å². The van der Waals surface area contributed by atoms with Crippen molar-refractivity contribution in [2.45, 2.75) is 31.9 Å². The van der Waals surface area contributed by atoms with Crippen LogP contribution in [-0.4, -0.2) is 51.2 Å². The topological polar surface area (TPSA) is 112 Å². The summed E-state index contributed by atoms with van der Waals surface area (Å²) in [7, 11) is 1.64. The van der Waals surface area contributed by atoms with Crippen molar-refractivity contribution < 1.29 is 19.8 Å². The highest BCUT2D eigenvalue weighted by Gasteiger charge is 2.51. The lowest BCUT2D eigenvalue weighted by molar-refractivity contribution is -0.139. The molecule has 2 heterocycles. The van der Waals surface area contributed by atoms with Crippen LogP contribution in [-0.2, 0) is 28.2 Å². The molecule has 0 spiro atoms. The quantitative estimate of drug-likeness (QED) is 0.344. The molecule has 2 amide bonds. The van der Waals surface area contributed by atoms with Gasteiger partial charge in [0, 0.05) is 55.7 Å². The number of amides is 2. The van der Waals surface area contributed by atoms with Crippen LogP contribution in [0.1, 0.15) is 24.6 Å². The first-order chi connectivity index (χ1) is 16.9. The molecular weight excluding hydrogens is 446 g/mol. The minimum Gasteiger partial charge on any atom is -0.396 e. The maximum absolute atomic E-state index is 13.2. The Hall–Kier alpha value is -3.82. The van der Waals surface area contributed by atoms with Gasteiger partial charge < -0.3 is 15.1 Å². The van der Waals surface area contributed by atoms with Crippen molar-refractivity contribution in [1.82, 2.24) is 15.0 Å². The molecule has 0 unspecified atom stereocenters. The van der Waals surface area contributed by atoms with Gasteiger partial charge in [-0.2, -0.15) is 0 Å². The molecular formula is C26H29N5O4. The molecule has 0 aliphatic carbocycles. The van der Waals surface area contributed by atoms with E-state index in [9.17, 15) is 14.7 Å². The summed E-state index contributed by atoms with van der Waals surface area (Å²) in [6.45, 7) is 2.41. The smallest absolute Gasteiger partial charge is 0.264 e. The lowest BCUT2D eigenvalue weighted by Gasteiger charge is -2.27. The number of carbonyl (C=O) groups excluding carboxylic acids is 2. The van der Waals surface area contributed by atoms with Crippen molar-refractivity contribution in [1.29, 1.82) is 0 Å². The second-order valence-corrected chi connectivity index (χ2v) is 8.60. The molecule has 0 fully saturated rings. The molecule has 2 aromatic carbocycles. The Balaban J connectivity index is 1.56. The molecule has 4 rings (SSSR count). The minimum atomic E-state index is -1.76. The van der Waals surface area contributed by atoms with Crippen LogP contribution in [0.15, 0.2) is 66.9 Å². The number of carbonyl (C=O) groups is 2. The summed E-state index contributed by atoms with van der Waals surface area (Å²) in [6.07, 6.45) is 7.34. The van der Waals surface area contributed by atoms with Crippen molar-refractivity contribution in [3.05, 3.63) is 78.1 Å². The molecule has 0 radical (unpaired) electrons. The lowest BCUT2D eigenvalue weighted by atomic mass is 9.82. The number of fused-ring (bicyclic) bond motifs is 1. The van der Waals surface area contributed by atoms with E-state index < -0.39 is 17.4 Å². The van der Waals surface area contributed by atoms with E-state index in [2.05, 4.69) is 10.3 Å². The number of allylic oxidation sites excluding steroid dienone is 1. The van der Waals surface area contributed by atoms with Gasteiger partial charge in [0.2, 0.25) is 6.41 Å². The van der Waals surface area contributed by atoms with Crippen LogP contribution in [0.25, 0.3) is 0 Å². The van der Waals surface area contributed by atoms with E-state index in [1.54, 1.807) is 43.0 Å². The summed E-state index contributed by atoms with van der Waals surface area (Å²) in [5.74, 6) is -0.930. The number of aliphatic hydroxyl groups excluding tert-OH is 1. The number of hydrogen-bond donors (Lipinski definition) is 2.